The minimum Gasteiger partial charge on any atom is -0.493 e. The number of nitrogens with zero attached hydrogens (tertiary/aromatic N) is 2. The molecule has 0 radical (unpaired) electrons. The zero-order valence-corrected chi connectivity index (χ0v) is 17.7. The predicted molar refractivity (Wildman–Crippen MR) is 107 cm³/mol. The van der Waals surface area contributed by atoms with Crippen molar-refractivity contribution in [1.29, 1.82) is 0 Å². The normalized spacial score (nSPS) is 10.7. The maximum atomic E-state index is 12.5. The lowest BCUT2D eigenvalue weighted by Crippen LogP contribution is -2.32. The van der Waals surface area contributed by atoms with Crippen molar-refractivity contribution < 1.29 is 27.8 Å². The molecule has 2 amide bonds. The van der Waals surface area contributed by atoms with Crippen LogP contribution in [0.15, 0.2) is 18.2 Å². The quantitative estimate of drug-likeness (QED) is 0.488. The number of ether oxygens (including phenoxy) is 2. The van der Waals surface area contributed by atoms with E-state index in [0.717, 1.165) is 25.9 Å². The van der Waals surface area contributed by atoms with E-state index in [-0.39, 0.29) is 36.3 Å². The van der Waals surface area contributed by atoms with Crippen LogP contribution in [0.2, 0.25) is 0 Å². The number of halogens is 2. The van der Waals surface area contributed by atoms with E-state index in [4.69, 9.17) is 4.74 Å². The molecule has 0 aliphatic carbocycles. The van der Waals surface area contributed by atoms with Gasteiger partial charge < -0.3 is 19.3 Å². The molecule has 0 N–H and O–H groups in total. The Balaban J connectivity index is 2.56. The second-order valence-corrected chi connectivity index (χ2v) is 6.85. The first-order valence-corrected chi connectivity index (χ1v) is 9.95. The van der Waals surface area contributed by atoms with Crippen LogP contribution < -0.4 is 9.47 Å². The van der Waals surface area contributed by atoms with Gasteiger partial charge in [-0.2, -0.15) is 8.78 Å². The zero-order valence-electron chi connectivity index (χ0n) is 17.7. The summed E-state index contributed by atoms with van der Waals surface area (Å²) < 4.78 is 34.6. The minimum absolute atomic E-state index is 0.0709. The highest BCUT2D eigenvalue weighted by Crippen LogP contribution is 2.29. The van der Waals surface area contributed by atoms with Crippen molar-refractivity contribution in [3.05, 3.63) is 23.8 Å². The summed E-state index contributed by atoms with van der Waals surface area (Å²) >= 11 is 0. The average Bonchev–Trinajstić information content (AvgIpc) is 2.67. The standard InChI is InChI=1S/C21H32F2N2O4/c1-5-12-25(13-6-2)20(27)9-7-8-19(26)24(3)15-16-10-11-17(28-4)18(14-16)29-21(22)23/h10-11,14,21H,5-9,12-13,15H2,1-4H3. The molecule has 0 heterocycles. The summed E-state index contributed by atoms with van der Waals surface area (Å²) in [7, 11) is 3.01. The van der Waals surface area contributed by atoms with Gasteiger partial charge in [0.25, 0.3) is 0 Å². The van der Waals surface area contributed by atoms with Crippen LogP contribution in [0.3, 0.4) is 0 Å². The number of carbonyl (C=O) groups is 2. The zero-order chi connectivity index (χ0) is 21.8. The molecular formula is C21H32F2N2O4. The smallest absolute Gasteiger partial charge is 0.387 e. The summed E-state index contributed by atoms with van der Waals surface area (Å²) in [5.41, 5.74) is 0.644. The van der Waals surface area contributed by atoms with Gasteiger partial charge in [0.05, 0.1) is 7.11 Å². The van der Waals surface area contributed by atoms with Crippen molar-refractivity contribution in [2.24, 2.45) is 0 Å². The molecular weight excluding hydrogens is 382 g/mol. The molecule has 0 aliphatic rings. The summed E-state index contributed by atoms with van der Waals surface area (Å²) in [6, 6.07) is 4.66. The Bertz CT molecular complexity index is 650. The molecule has 0 aliphatic heterocycles. The molecule has 0 saturated heterocycles. The van der Waals surface area contributed by atoms with E-state index in [0.29, 0.717) is 18.4 Å². The maximum Gasteiger partial charge on any atom is 0.387 e. The average molecular weight is 414 g/mol. The number of rotatable bonds is 13. The summed E-state index contributed by atoms with van der Waals surface area (Å²) in [5.74, 6) is 0.0965. The highest BCUT2D eigenvalue weighted by Gasteiger charge is 2.16. The number of carbonyl (C=O) groups excluding carboxylic acids is 2. The van der Waals surface area contributed by atoms with Gasteiger partial charge in [-0.1, -0.05) is 19.9 Å². The largest absolute Gasteiger partial charge is 0.493 e. The Morgan fingerprint density at radius 2 is 1.66 bits per heavy atom. The Labute approximate surface area is 171 Å². The molecule has 164 valence electrons. The number of amides is 2. The number of benzene rings is 1. The van der Waals surface area contributed by atoms with Gasteiger partial charge in [-0.15, -0.1) is 0 Å². The van der Waals surface area contributed by atoms with Crippen LogP contribution in [-0.2, 0) is 16.1 Å². The van der Waals surface area contributed by atoms with Gasteiger partial charge in [-0.05, 0) is 37.0 Å². The number of methoxy groups -OCH3 is 1. The van der Waals surface area contributed by atoms with E-state index in [9.17, 15) is 18.4 Å². The molecule has 8 heteroatoms. The summed E-state index contributed by atoms with van der Waals surface area (Å²) in [6.45, 7) is 2.82. The fourth-order valence-electron chi connectivity index (χ4n) is 3.01. The van der Waals surface area contributed by atoms with Crippen LogP contribution in [0.25, 0.3) is 0 Å². The molecule has 0 atom stereocenters. The van der Waals surface area contributed by atoms with Gasteiger partial charge in [0, 0.05) is 39.5 Å². The topological polar surface area (TPSA) is 59.1 Å². The first-order valence-electron chi connectivity index (χ1n) is 9.95. The number of hydrogen-bond acceptors (Lipinski definition) is 4. The Kier molecular flexibility index (Phi) is 11.0. The van der Waals surface area contributed by atoms with Crippen LogP contribution in [0.5, 0.6) is 11.5 Å². The van der Waals surface area contributed by atoms with Crippen LogP contribution in [0.4, 0.5) is 8.78 Å². The molecule has 1 rings (SSSR count). The molecule has 0 bridgehead atoms. The first kappa shape index (κ1) is 24.7. The number of hydrogen-bond donors (Lipinski definition) is 0. The maximum absolute atomic E-state index is 12.5. The van der Waals surface area contributed by atoms with Gasteiger partial charge in [0.2, 0.25) is 11.8 Å². The van der Waals surface area contributed by atoms with E-state index in [2.05, 4.69) is 4.74 Å². The molecule has 29 heavy (non-hydrogen) atoms. The van der Waals surface area contributed by atoms with Gasteiger partial charge in [-0.3, -0.25) is 9.59 Å². The van der Waals surface area contributed by atoms with Crippen LogP contribution in [0, 0.1) is 0 Å². The lowest BCUT2D eigenvalue weighted by atomic mass is 10.1. The summed E-state index contributed by atoms with van der Waals surface area (Å²) in [6.07, 6.45) is 2.90. The summed E-state index contributed by atoms with van der Waals surface area (Å²) in [4.78, 5) is 28.0. The van der Waals surface area contributed by atoms with Gasteiger partial charge >= 0.3 is 6.61 Å². The van der Waals surface area contributed by atoms with E-state index in [1.807, 2.05) is 18.7 Å². The lowest BCUT2D eigenvalue weighted by molar-refractivity contribution is -0.132. The molecule has 0 saturated carbocycles. The van der Waals surface area contributed by atoms with Crippen LogP contribution in [-0.4, -0.2) is 55.5 Å². The van der Waals surface area contributed by atoms with Gasteiger partial charge in [-0.25, -0.2) is 0 Å². The molecule has 0 unspecified atom stereocenters. The molecule has 1 aromatic rings. The van der Waals surface area contributed by atoms with Crippen molar-refractivity contribution in [3.8, 4) is 11.5 Å². The van der Waals surface area contributed by atoms with Crippen LogP contribution in [0.1, 0.15) is 51.5 Å². The SMILES string of the molecule is CCCN(CCC)C(=O)CCCC(=O)N(C)Cc1ccc(OC)c(OC(F)F)c1. The Hall–Kier alpha value is -2.38. The fraction of sp³-hybridized carbons (Fsp3) is 0.619. The van der Waals surface area contributed by atoms with E-state index >= 15 is 0 Å². The van der Waals surface area contributed by atoms with Crippen molar-refractivity contribution >= 4 is 11.8 Å². The third-order valence-corrected chi connectivity index (χ3v) is 4.41. The Morgan fingerprint density at radius 3 is 2.21 bits per heavy atom. The second kappa shape index (κ2) is 13.0. The third-order valence-electron chi connectivity index (χ3n) is 4.41. The Morgan fingerprint density at radius 1 is 1.03 bits per heavy atom. The lowest BCUT2D eigenvalue weighted by Gasteiger charge is -2.22. The van der Waals surface area contributed by atoms with Crippen molar-refractivity contribution in [1.82, 2.24) is 9.80 Å². The second-order valence-electron chi connectivity index (χ2n) is 6.85. The molecule has 0 fully saturated rings. The monoisotopic (exact) mass is 414 g/mol. The number of alkyl halides is 2. The third kappa shape index (κ3) is 8.66. The van der Waals surface area contributed by atoms with Gasteiger partial charge in [0.1, 0.15) is 0 Å². The molecule has 6 nitrogen and oxygen atoms in total. The van der Waals surface area contributed by atoms with Gasteiger partial charge in [0.15, 0.2) is 11.5 Å². The minimum atomic E-state index is -2.96. The van der Waals surface area contributed by atoms with Crippen molar-refractivity contribution in [2.45, 2.75) is 59.1 Å². The van der Waals surface area contributed by atoms with Crippen LogP contribution >= 0.6 is 0 Å². The van der Waals surface area contributed by atoms with E-state index in [1.54, 1.807) is 13.1 Å². The summed E-state index contributed by atoms with van der Waals surface area (Å²) in [5, 5.41) is 0. The van der Waals surface area contributed by atoms with E-state index < -0.39 is 6.61 Å². The fourth-order valence-corrected chi connectivity index (χ4v) is 3.01. The molecule has 0 spiro atoms. The van der Waals surface area contributed by atoms with Crippen molar-refractivity contribution in [2.75, 3.05) is 27.2 Å². The first-order chi connectivity index (χ1) is 13.8. The highest BCUT2D eigenvalue weighted by molar-refractivity contribution is 5.79. The molecule has 0 aromatic heterocycles. The molecule has 1 aromatic carbocycles. The van der Waals surface area contributed by atoms with E-state index in [1.165, 1.54) is 24.1 Å². The highest BCUT2D eigenvalue weighted by atomic mass is 19.3. The van der Waals surface area contributed by atoms with Crippen molar-refractivity contribution in [3.63, 3.8) is 0 Å². The predicted octanol–water partition coefficient (Wildman–Crippen LogP) is 4.07.